The van der Waals surface area contributed by atoms with Crippen LogP contribution in [0.4, 0.5) is 10.1 Å². The van der Waals surface area contributed by atoms with Crippen molar-refractivity contribution in [1.29, 1.82) is 0 Å². The van der Waals surface area contributed by atoms with Gasteiger partial charge in [-0.1, -0.05) is 12.1 Å². The van der Waals surface area contributed by atoms with E-state index in [0.717, 1.165) is 43.4 Å². The van der Waals surface area contributed by atoms with Gasteiger partial charge in [0.25, 0.3) is 0 Å². The molecule has 0 aliphatic heterocycles. The van der Waals surface area contributed by atoms with E-state index in [2.05, 4.69) is 27.5 Å². The maximum Gasteiger partial charge on any atom is 0.190 e. The van der Waals surface area contributed by atoms with Crippen molar-refractivity contribution in [3.8, 4) is 0 Å². The number of aryl methyl sites for hydroxylation is 1. The Kier molecular flexibility index (Phi) is 10.5. The molecule has 0 atom stereocenters. The minimum atomic E-state index is -0.187. The molecule has 0 radical (unpaired) electrons. The second-order valence-electron chi connectivity index (χ2n) is 5.77. The zero-order valence-corrected chi connectivity index (χ0v) is 18.6. The summed E-state index contributed by atoms with van der Waals surface area (Å²) in [6.45, 7) is 4.40. The van der Waals surface area contributed by atoms with Crippen molar-refractivity contribution in [3.63, 3.8) is 0 Å². The molecule has 144 valence electrons. The molecule has 0 bridgehead atoms. The fraction of sp³-hybridized carbons (Fsp3) is 0.444. The topological polar surface area (TPSA) is 52.6 Å². The molecule has 2 aromatic rings. The van der Waals surface area contributed by atoms with E-state index in [1.165, 1.54) is 10.9 Å². The number of anilines is 1. The van der Waals surface area contributed by atoms with Crippen molar-refractivity contribution in [2.75, 3.05) is 38.6 Å². The van der Waals surface area contributed by atoms with Gasteiger partial charge >= 0.3 is 0 Å². The zero-order valence-electron chi connectivity index (χ0n) is 15.5. The Labute approximate surface area is 176 Å². The van der Waals surface area contributed by atoms with Crippen LogP contribution in [0.5, 0.6) is 0 Å². The summed E-state index contributed by atoms with van der Waals surface area (Å²) < 4.78 is 13.7. The lowest BCUT2D eigenvalue weighted by Gasteiger charge is -2.20. The van der Waals surface area contributed by atoms with E-state index < -0.39 is 0 Å². The Bertz CT molecular complexity index is 692. The third kappa shape index (κ3) is 7.45. The van der Waals surface area contributed by atoms with Crippen molar-refractivity contribution >= 4 is 47.0 Å². The molecule has 1 aromatic carbocycles. The molecule has 0 unspecified atom stereocenters. The van der Waals surface area contributed by atoms with Crippen LogP contribution < -0.4 is 15.5 Å². The molecular formula is C18H27FIN5S. The summed E-state index contributed by atoms with van der Waals surface area (Å²) in [5.41, 5.74) is 0.628. The molecule has 0 saturated carbocycles. The Morgan fingerprint density at radius 1 is 1.27 bits per heavy atom. The second kappa shape index (κ2) is 12.1. The molecule has 0 amide bonds. The van der Waals surface area contributed by atoms with E-state index in [9.17, 15) is 4.39 Å². The van der Waals surface area contributed by atoms with Gasteiger partial charge in [0.2, 0.25) is 0 Å². The molecule has 1 heterocycles. The first kappa shape index (κ1) is 22.6. The van der Waals surface area contributed by atoms with E-state index in [4.69, 9.17) is 0 Å². The fourth-order valence-electron chi connectivity index (χ4n) is 2.43. The third-order valence-corrected chi connectivity index (χ3v) is 4.72. The summed E-state index contributed by atoms with van der Waals surface area (Å²) in [5, 5.41) is 7.70. The predicted octanol–water partition coefficient (Wildman–Crippen LogP) is 3.44. The number of hydrogen-bond donors (Lipinski definition) is 2. The molecule has 0 saturated heterocycles. The van der Waals surface area contributed by atoms with Crippen molar-refractivity contribution in [1.82, 2.24) is 15.6 Å². The van der Waals surface area contributed by atoms with Gasteiger partial charge < -0.3 is 15.5 Å². The van der Waals surface area contributed by atoms with Gasteiger partial charge in [0.05, 0.1) is 10.7 Å². The van der Waals surface area contributed by atoms with Crippen LogP contribution in [-0.2, 0) is 6.42 Å². The minimum Gasteiger partial charge on any atom is -0.372 e. The molecule has 5 nitrogen and oxygen atoms in total. The lowest BCUT2D eigenvalue weighted by molar-refractivity contribution is 0.619. The summed E-state index contributed by atoms with van der Waals surface area (Å²) in [6, 6.07) is 6.84. The van der Waals surface area contributed by atoms with Gasteiger partial charge in [-0.25, -0.2) is 9.37 Å². The average Bonchev–Trinajstić information content (AvgIpc) is 3.02. The van der Waals surface area contributed by atoms with Gasteiger partial charge in [-0.2, -0.15) is 0 Å². The first-order chi connectivity index (χ1) is 12.1. The maximum atomic E-state index is 13.7. The Hall–Kier alpha value is -1.42. The van der Waals surface area contributed by atoms with Gasteiger partial charge in [0, 0.05) is 51.2 Å². The van der Waals surface area contributed by atoms with Crippen LogP contribution in [0.1, 0.15) is 16.3 Å². The number of aromatic nitrogens is 1. The highest BCUT2D eigenvalue weighted by atomic mass is 127. The highest BCUT2D eigenvalue weighted by Gasteiger charge is 2.06. The fourth-order valence-corrected chi connectivity index (χ4v) is 3.22. The van der Waals surface area contributed by atoms with Crippen LogP contribution in [0, 0.1) is 12.7 Å². The molecule has 26 heavy (non-hydrogen) atoms. The summed E-state index contributed by atoms with van der Waals surface area (Å²) in [4.78, 5) is 11.7. The van der Waals surface area contributed by atoms with E-state index in [1.807, 2.05) is 24.2 Å². The average molecular weight is 491 g/mol. The van der Waals surface area contributed by atoms with Crippen LogP contribution in [0.2, 0.25) is 0 Å². The normalized spacial score (nSPS) is 11.0. The minimum absolute atomic E-state index is 0. The van der Waals surface area contributed by atoms with Crippen molar-refractivity contribution in [2.45, 2.75) is 19.8 Å². The number of thiazole rings is 1. The van der Waals surface area contributed by atoms with Gasteiger partial charge in [-0.05, 0) is 25.5 Å². The van der Waals surface area contributed by atoms with Gasteiger partial charge in [0.1, 0.15) is 5.82 Å². The van der Waals surface area contributed by atoms with Crippen LogP contribution >= 0.6 is 35.3 Å². The van der Waals surface area contributed by atoms with E-state index in [1.54, 1.807) is 30.5 Å². The largest absolute Gasteiger partial charge is 0.372 e. The molecule has 0 fully saturated rings. The van der Waals surface area contributed by atoms with Crippen molar-refractivity contribution in [2.24, 2.45) is 4.99 Å². The highest BCUT2D eigenvalue weighted by molar-refractivity contribution is 14.0. The van der Waals surface area contributed by atoms with Crippen molar-refractivity contribution < 1.29 is 4.39 Å². The van der Waals surface area contributed by atoms with Crippen LogP contribution in [0.15, 0.2) is 35.5 Å². The third-order valence-electron chi connectivity index (χ3n) is 3.75. The smallest absolute Gasteiger partial charge is 0.190 e. The molecule has 0 aliphatic rings. The van der Waals surface area contributed by atoms with Crippen LogP contribution in [0.25, 0.3) is 0 Å². The molecule has 0 spiro atoms. The number of aliphatic imine (C=N–C) groups is 1. The number of rotatable bonds is 8. The Morgan fingerprint density at radius 2 is 2.00 bits per heavy atom. The SMILES string of the molecule is CN=C(NCCCN(C)c1ccccc1F)NCCc1ncc(C)s1.I. The van der Waals surface area contributed by atoms with Gasteiger partial charge in [0.15, 0.2) is 5.96 Å². The summed E-state index contributed by atoms with van der Waals surface area (Å²) in [7, 11) is 3.66. The number of benzene rings is 1. The standard InChI is InChI=1S/C18H26FN5S.HI/c1-14-13-23-17(25-14)9-11-22-18(20-2)21-10-6-12-24(3)16-8-5-4-7-15(16)19;/h4-5,7-8,13H,6,9-12H2,1-3H3,(H2,20,21,22);1H. The van der Waals surface area contributed by atoms with Gasteiger partial charge in [-0.15, -0.1) is 35.3 Å². The van der Waals surface area contributed by atoms with E-state index in [0.29, 0.717) is 5.69 Å². The molecule has 2 N–H and O–H groups in total. The van der Waals surface area contributed by atoms with Crippen LogP contribution in [0.3, 0.4) is 0 Å². The lowest BCUT2D eigenvalue weighted by atomic mass is 10.2. The second-order valence-corrected chi connectivity index (χ2v) is 7.09. The monoisotopic (exact) mass is 491 g/mol. The first-order valence-electron chi connectivity index (χ1n) is 8.41. The zero-order chi connectivity index (χ0) is 18.1. The Balaban J connectivity index is 0.00000338. The summed E-state index contributed by atoms with van der Waals surface area (Å²) in [6.07, 6.45) is 3.67. The number of halogens is 2. The molecular weight excluding hydrogens is 464 g/mol. The number of para-hydroxylation sites is 1. The summed E-state index contributed by atoms with van der Waals surface area (Å²) in [5.74, 6) is 0.592. The molecule has 1 aromatic heterocycles. The summed E-state index contributed by atoms with van der Waals surface area (Å²) >= 11 is 1.72. The first-order valence-corrected chi connectivity index (χ1v) is 9.23. The number of hydrogen-bond acceptors (Lipinski definition) is 4. The van der Waals surface area contributed by atoms with E-state index >= 15 is 0 Å². The quantitative estimate of drug-likeness (QED) is 0.257. The predicted molar refractivity (Wildman–Crippen MR) is 120 cm³/mol. The van der Waals surface area contributed by atoms with Crippen LogP contribution in [-0.4, -0.2) is 44.7 Å². The molecule has 0 aliphatic carbocycles. The number of nitrogens with one attached hydrogen (secondary N) is 2. The number of nitrogens with zero attached hydrogens (tertiary/aromatic N) is 3. The number of guanidine groups is 1. The highest BCUT2D eigenvalue weighted by Crippen LogP contribution is 2.16. The Morgan fingerprint density at radius 3 is 2.65 bits per heavy atom. The molecule has 2 rings (SSSR count). The van der Waals surface area contributed by atoms with E-state index in [-0.39, 0.29) is 29.8 Å². The molecule has 8 heteroatoms. The van der Waals surface area contributed by atoms with Crippen molar-refractivity contribution in [3.05, 3.63) is 46.2 Å². The van der Waals surface area contributed by atoms with Gasteiger partial charge in [-0.3, -0.25) is 4.99 Å². The lowest BCUT2D eigenvalue weighted by Crippen LogP contribution is -2.39. The maximum absolute atomic E-state index is 13.7.